The highest BCUT2D eigenvalue weighted by atomic mass is 35.5. The van der Waals surface area contributed by atoms with Gasteiger partial charge in [-0.15, -0.1) is 0 Å². The molecule has 0 saturated heterocycles. The molecule has 1 aromatic rings. The van der Waals surface area contributed by atoms with Gasteiger partial charge in [0.15, 0.2) is 0 Å². The van der Waals surface area contributed by atoms with Gasteiger partial charge < -0.3 is 10.4 Å². The van der Waals surface area contributed by atoms with Crippen LogP contribution in [0.2, 0.25) is 5.02 Å². The van der Waals surface area contributed by atoms with Crippen molar-refractivity contribution in [3.63, 3.8) is 0 Å². The van der Waals surface area contributed by atoms with Gasteiger partial charge in [-0.3, -0.25) is 0 Å². The minimum Gasteiger partial charge on any atom is -0.387 e. The Morgan fingerprint density at radius 3 is 2.56 bits per heavy atom. The van der Waals surface area contributed by atoms with Crippen molar-refractivity contribution in [1.29, 1.82) is 0 Å². The van der Waals surface area contributed by atoms with Gasteiger partial charge in [0.05, 0.1) is 6.10 Å². The normalized spacial score (nSPS) is 13.6. The second kappa shape index (κ2) is 6.97. The first-order valence-corrected chi connectivity index (χ1v) is 5.98. The average Bonchev–Trinajstić information content (AvgIpc) is 2.27. The third kappa shape index (κ3) is 5.71. The van der Waals surface area contributed by atoms with Gasteiger partial charge in [0.25, 0.3) is 0 Å². The summed E-state index contributed by atoms with van der Waals surface area (Å²) in [4.78, 5) is 0. The minimum absolute atomic E-state index is 0.00125. The molecule has 18 heavy (non-hydrogen) atoms. The summed E-state index contributed by atoms with van der Waals surface area (Å²) in [6.07, 6.45) is -5.76. The molecular formula is C12H15ClF3NO. The van der Waals surface area contributed by atoms with E-state index in [4.69, 9.17) is 11.6 Å². The molecule has 0 aromatic heterocycles. The lowest BCUT2D eigenvalue weighted by molar-refractivity contribution is -0.135. The van der Waals surface area contributed by atoms with Gasteiger partial charge in [-0.05, 0) is 19.0 Å². The fourth-order valence-corrected chi connectivity index (χ4v) is 1.77. The summed E-state index contributed by atoms with van der Waals surface area (Å²) in [5.41, 5.74) is 0.572. The molecule has 0 saturated carbocycles. The Bertz CT molecular complexity index is 371. The zero-order chi connectivity index (χ0) is 13.6. The van der Waals surface area contributed by atoms with Gasteiger partial charge in [-0.1, -0.05) is 29.8 Å². The molecule has 102 valence electrons. The highest BCUT2D eigenvalue weighted by Gasteiger charge is 2.25. The molecule has 0 bridgehead atoms. The number of hydrogen-bond acceptors (Lipinski definition) is 2. The molecular weight excluding hydrogens is 267 g/mol. The fraction of sp³-hybridized carbons (Fsp3) is 0.500. The van der Waals surface area contributed by atoms with Crippen LogP contribution in [0.5, 0.6) is 0 Å². The Morgan fingerprint density at radius 1 is 1.28 bits per heavy atom. The zero-order valence-electron chi connectivity index (χ0n) is 9.67. The Hall–Kier alpha value is -0.780. The van der Waals surface area contributed by atoms with Crippen LogP contribution in [0.3, 0.4) is 0 Å². The van der Waals surface area contributed by atoms with Gasteiger partial charge >= 0.3 is 6.18 Å². The van der Waals surface area contributed by atoms with E-state index in [1.807, 2.05) is 0 Å². The van der Waals surface area contributed by atoms with Gasteiger partial charge in [-0.2, -0.15) is 13.2 Å². The van der Waals surface area contributed by atoms with E-state index >= 15 is 0 Å². The first-order chi connectivity index (χ1) is 8.40. The number of alkyl halides is 3. The molecule has 0 radical (unpaired) electrons. The van der Waals surface area contributed by atoms with Gasteiger partial charge in [0.2, 0.25) is 0 Å². The predicted molar refractivity (Wildman–Crippen MR) is 64.6 cm³/mol. The number of benzene rings is 1. The van der Waals surface area contributed by atoms with E-state index in [1.165, 1.54) is 0 Å². The van der Waals surface area contributed by atoms with E-state index in [0.29, 0.717) is 10.6 Å². The molecule has 1 atom stereocenters. The lowest BCUT2D eigenvalue weighted by Crippen LogP contribution is -2.23. The number of hydrogen-bond donors (Lipinski definition) is 2. The predicted octanol–water partition coefficient (Wildman–Crippen LogP) is 3.31. The second-order valence-electron chi connectivity index (χ2n) is 3.96. The van der Waals surface area contributed by atoms with Crippen molar-refractivity contribution in [1.82, 2.24) is 5.32 Å². The van der Waals surface area contributed by atoms with Crippen LogP contribution in [-0.4, -0.2) is 24.4 Å². The Balaban J connectivity index is 2.26. The second-order valence-corrected chi connectivity index (χ2v) is 4.37. The first kappa shape index (κ1) is 15.3. The molecule has 0 aliphatic carbocycles. The van der Waals surface area contributed by atoms with Crippen molar-refractivity contribution in [2.45, 2.75) is 25.1 Å². The third-order valence-corrected chi connectivity index (χ3v) is 2.76. The number of halogens is 4. The first-order valence-electron chi connectivity index (χ1n) is 5.60. The number of aliphatic hydroxyl groups excluding tert-OH is 1. The van der Waals surface area contributed by atoms with Crippen molar-refractivity contribution >= 4 is 11.6 Å². The lowest BCUT2D eigenvalue weighted by atomic mass is 10.1. The maximum absolute atomic E-state index is 11.9. The van der Waals surface area contributed by atoms with Crippen molar-refractivity contribution in [3.05, 3.63) is 34.9 Å². The van der Waals surface area contributed by atoms with Crippen LogP contribution in [0.25, 0.3) is 0 Å². The average molecular weight is 282 g/mol. The lowest BCUT2D eigenvalue weighted by Gasteiger charge is -2.13. The van der Waals surface area contributed by atoms with E-state index in [1.54, 1.807) is 24.3 Å². The third-order valence-electron chi connectivity index (χ3n) is 2.42. The Morgan fingerprint density at radius 2 is 1.94 bits per heavy atom. The van der Waals surface area contributed by atoms with Gasteiger partial charge in [0.1, 0.15) is 0 Å². The molecule has 0 spiro atoms. The summed E-state index contributed by atoms with van der Waals surface area (Å²) < 4.78 is 35.6. The van der Waals surface area contributed by atoms with Crippen LogP contribution in [0.15, 0.2) is 24.3 Å². The standard InChI is InChI=1S/C12H15ClF3NO/c13-10-5-2-1-4-9(10)11(18)8-17-7-3-6-12(14,15)16/h1-2,4-5,11,17-18H,3,6-8H2. The van der Waals surface area contributed by atoms with Gasteiger partial charge in [0, 0.05) is 23.6 Å². The molecule has 0 heterocycles. The summed E-state index contributed by atoms with van der Waals surface area (Å²) in [6.45, 7) is 0.391. The highest BCUT2D eigenvalue weighted by molar-refractivity contribution is 6.31. The molecule has 2 nitrogen and oxygen atoms in total. The molecule has 1 aromatic carbocycles. The van der Waals surface area contributed by atoms with E-state index in [2.05, 4.69) is 5.32 Å². The summed E-state index contributed by atoms with van der Waals surface area (Å²) in [7, 11) is 0. The van der Waals surface area contributed by atoms with E-state index in [9.17, 15) is 18.3 Å². The summed E-state index contributed by atoms with van der Waals surface area (Å²) in [5.74, 6) is 0. The number of aliphatic hydroxyl groups is 1. The monoisotopic (exact) mass is 281 g/mol. The quantitative estimate of drug-likeness (QED) is 0.784. The van der Waals surface area contributed by atoms with Crippen molar-refractivity contribution in [2.24, 2.45) is 0 Å². The van der Waals surface area contributed by atoms with Crippen molar-refractivity contribution < 1.29 is 18.3 Å². The summed E-state index contributed by atoms with van der Waals surface area (Å²) >= 11 is 5.88. The SMILES string of the molecule is OC(CNCCCC(F)(F)F)c1ccccc1Cl. The fourth-order valence-electron chi connectivity index (χ4n) is 1.51. The molecule has 6 heteroatoms. The summed E-state index contributed by atoms with van der Waals surface area (Å²) in [5, 5.41) is 13.0. The Labute approximate surface area is 109 Å². The maximum Gasteiger partial charge on any atom is 0.389 e. The number of rotatable bonds is 6. The van der Waals surface area contributed by atoms with E-state index < -0.39 is 18.7 Å². The minimum atomic E-state index is -4.12. The largest absolute Gasteiger partial charge is 0.389 e. The summed E-state index contributed by atoms with van der Waals surface area (Å²) in [6, 6.07) is 6.83. The van der Waals surface area contributed by atoms with Gasteiger partial charge in [-0.25, -0.2) is 0 Å². The molecule has 1 unspecified atom stereocenters. The topological polar surface area (TPSA) is 32.3 Å². The zero-order valence-corrected chi connectivity index (χ0v) is 10.4. The molecule has 2 N–H and O–H groups in total. The van der Waals surface area contributed by atoms with E-state index in [0.717, 1.165) is 0 Å². The van der Waals surface area contributed by atoms with Crippen LogP contribution in [0.4, 0.5) is 13.2 Å². The van der Waals surface area contributed by atoms with Crippen LogP contribution in [0.1, 0.15) is 24.5 Å². The highest BCUT2D eigenvalue weighted by Crippen LogP contribution is 2.22. The smallest absolute Gasteiger partial charge is 0.387 e. The molecule has 0 aliphatic heterocycles. The van der Waals surface area contributed by atoms with Crippen molar-refractivity contribution in [2.75, 3.05) is 13.1 Å². The number of nitrogens with one attached hydrogen (secondary N) is 1. The molecule has 0 amide bonds. The van der Waals surface area contributed by atoms with Crippen molar-refractivity contribution in [3.8, 4) is 0 Å². The molecule has 0 fully saturated rings. The van der Waals surface area contributed by atoms with Crippen LogP contribution < -0.4 is 5.32 Å². The van der Waals surface area contributed by atoms with E-state index in [-0.39, 0.29) is 19.5 Å². The van der Waals surface area contributed by atoms with Crippen LogP contribution >= 0.6 is 11.6 Å². The maximum atomic E-state index is 11.9. The molecule has 1 rings (SSSR count). The van der Waals surface area contributed by atoms with Crippen LogP contribution in [-0.2, 0) is 0 Å². The van der Waals surface area contributed by atoms with Crippen LogP contribution in [0, 0.1) is 0 Å². The Kier molecular flexibility index (Phi) is 5.91. The molecule has 0 aliphatic rings.